The first-order chi connectivity index (χ1) is 9.58. The van der Waals surface area contributed by atoms with Crippen LogP contribution in [0, 0.1) is 29.6 Å². The van der Waals surface area contributed by atoms with Crippen LogP contribution >= 0.6 is 0 Å². The number of aromatic nitrogens is 2. The number of hydrogen-bond acceptors (Lipinski definition) is 5. The summed E-state index contributed by atoms with van der Waals surface area (Å²) < 4.78 is 12.3. The molecule has 0 saturated heterocycles. The van der Waals surface area contributed by atoms with Crippen LogP contribution < -0.4 is 9.47 Å². The van der Waals surface area contributed by atoms with E-state index >= 15 is 0 Å². The number of hydrogen-bond donors (Lipinski definition) is 0. The molecule has 0 N–H and O–H groups in total. The van der Waals surface area contributed by atoms with E-state index < -0.39 is 0 Å². The second-order valence-electron chi connectivity index (χ2n) is 4.11. The monoisotopic (exact) mass is 268 g/mol. The van der Waals surface area contributed by atoms with Gasteiger partial charge in [-0.3, -0.25) is 0 Å². The van der Waals surface area contributed by atoms with Gasteiger partial charge < -0.3 is 9.47 Å². The van der Waals surface area contributed by atoms with Crippen molar-refractivity contribution in [3.8, 4) is 29.5 Å². The third-order valence-electron chi connectivity index (χ3n) is 2.74. The van der Waals surface area contributed by atoms with Gasteiger partial charge in [0.2, 0.25) is 5.88 Å². The van der Waals surface area contributed by atoms with Crippen molar-refractivity contribution in [2.24, 2.45) is 7.05 Å². The standard InChI is InChI=1S/C14H12N4O2/c1-9-13(8-16)14(18(2)17-9)20-12-5-10(7-15)4-11(6-12)19-3/h4-6H,1-3H3. The molecule has 0 spiro atoms. The van der Waals surface area contributed by atoms with E-state index in [0.29, 0.717) is 34.2 Å². The molecular formula is C14H12N4O2. The SMILES string of the molecule is COc1cc(C#N)cc(Oc2c(C#N)c(C)nn2C)c1. The van der Waals surface area contributed by atoms with Gasteiger partial charge in [-0.05, 0) is 19.1 Å². The topological polar surface area (TPSA) is 83.9 Å². The van der Waals surface area contributed by atoms with Gasteiger partial charge in [0.05, 0.1) is 24.4 Å². The van der Waals surface area contributed by atoms with Gasteiger partial charge in [0, 0.05) is 13.1 Å². The summed E-state index contributed by atoms with van der Waals surface area (Å²) in [6, 6.07) is 8.91. The molecule has 1 aromatic carbocycles. The number of nitriles is 2. The fraction of sp³-hybridized carbons (Fsp3) is 0.214. The van der Waals surface area contributed by atoms with Crippen LogP contribution in [0.25, 0.3) is 0 Å². The zero-order valence-corrected chi connectivity index (χ0v) is 11.3. The van der Waals surface area contributed by atoms with Crippen LogP contribution in [0.2, 0.25) is 0 Å². The lowest BCUT2D eigenvalue weighted by molar-refractivity contribution is 0.401. The van der Waals surface area contributed by atoms with Crippen LogP contribution in [-0.2, 0) is 7.05 Å². The van der Waals surface area contributed by atoms with E-state index in [1.165, 1.54) is 11.8 Å². The first-order valence-electron chi connectivity index (χ1n) is 5.79. The Kier molecular flexibility index (Phi) is 3.58. The molecule has 0 atom stereocenters. The van der Waals surface area contributed by atoms with Gasteiger partial charge in [-0.25, -0.2) is 4.68 Å². The first-order valence-corrected chi connectivity index (χ1v) is 5.79. The van der Waals surface area contributed by atoms with E-state index in [4.69, 9.17) is 20.0 Å². The Morgan fingerprint density at radius 3 is 2.45 bits per heavy atom. The van der Waals surface area contributed by atoms with E-state index in [1.54, 1.807) is 32.2 Å². The highest BCUT2D eigenvalue weighted by Gasteiger charge is 2.15. The van der Waals surface area contributed by atoms with E-state index in [0.717, 1.165) is 0 Å². The van der Waals surface area contributed by atoms with Gasteiger partial charge >= 0.3 is 0 Å². The predicted octanol–water partition coefficient (Wildman–Crippen LogP) is 2.27. The van der Waals surface area contributed by atoms with Crippen LogP contribution in [0.3, 0.4) is 0 Å². The van der Waals surface area contributed by atoms with Gasteiger partial charge in [0.1, 0.15) is 23.1 Å². The highest BCUT2D eigenvalue weighted by Crippen LogP contribution is 2.29. The second-order valence-corrected chi connectivity index (χ2v) is 4.11. The van der Waals surface area contributed by atoms with Crippen molar-refractivity contribution in [2.75, 3.05) is 7.11 Å². The van der Waals surface area contributed by atoms with Crippen molar-refractivity contribution in [1.82, 2.24) is 9.78 Å². The van der Waals surface area contributed by atoms with Crippen LogP contribution in [-0.4, -0.2) is 16.9 Å². The summed E-state index contributed by atoms with van der Waals surface area (Å²) >= 11 is 0. The van der Waals surface area contributed by atoms with Crippen molar-refractivity contribution in [3.63, 3.8) is 0 Å². The summed E-state index contributed by atoms with van der Waals surface area (Å²) in [6.07, 6.45) is 0. The highest BCUT2D eigenvalue weighted by atomic mass is 16.5. The van der Waals surface area contributed by atoms with E-state index in [1.807, 2.05) is 6.07 Å². The molecule has 0 saturated carbocycles. The Morgan fingerprint density at radius 2 is 1.85 bits per heavy atom. The van der Waals surface area contributed by atoms with Gasteiger partial charge in [-0.1, -0.05) is 0 Å². The summed E-state index contributed by atoms with van der Waals surface area (Å²) in [5, 5.41) is 22.2. The van der Waals surface area contributed by atoms with E-state index in [2.05, 4.69) is 11.2 Å². The Bertz CT molecular complexity index is 735. The Labute approximate surface area is 116 Å². The number of nitrogens with zero attached hydrogens (tertiary/aromatic N) is 4. The lowest BCUT2D eigenvalue weighted by atomic mass is 10.2. The molecule has 2 rings (SSSR count). The quantitative estimate of drug-likeness (QED) is 0.852. The molecule has 0 bridgehead atoms. The Balaban J connectivity index is 2.46. The summed E-state index contributed by atoms with van der Waals surface area (Å²) in [6.45, 7) is 1.73. The lowest BCUT2D eigenvalue weighted by Gasteiger charge is -2.08. The smallest absolute Gasteiger partial charge is 0.235 e. The number of aryl methyl sites for hydroxylation is 2. The minimum absolute atomic E-state index is 0.335. The largest absolute Gasteiger partial charge is 0.497 e. The maximum Gasteiger partial charge on any atom is 0.235 e. The summed E-state index contributed by atoms with van der Waals surface area (Å²) in [5.41, 5.74) is 1.37. The molecule has 2 aromatic rings. The number of methoxy groups -OCH3 is 1. The molecule has 0 unspecified atom stereocenters. The summed E-state index contributed by atoms with van der Waals surface area (Å²) in [7, 11) is 3.20. The third-order valence-corrected chi connectivity index (χ3v) is 2.74. The molecule has 1 heterocycles. The van der Waals surface area contributed by atoms with Crippen LogP contribution in [0.1, 0.15) is 16.8 Å². The predicted molar refractivity (Wildman–Crippen MR) is 70.4 cm³/mol. The maximum atomic E-state index is 9.13. The number of benzene rings is 1. The molecular weight excluding hydrogens is 256 g/mol. The fourth-order valence-electron chi connectivity index (χ4n) is 1.81. The molecule has 1 aromatic heterocycles. The average Bonchev–Trinajstić information content (AvgIpc) is 2.72. The molecule has 6 heteroatoms. The van der Waals surface area contributed by atoms with E-state index in [-0.39, 0.29) is 0 Å². The van der Waals surface area contributed by atoms with Crippen LogP contribution in [0.15, 0.2) is 18.2 Å². The van der Waals surface area contributed by atoms with Crippen molar-refractivity contribution in [2.45, 2.75) is 6.92 Å². The minimum atomic E-state index is 0.335. The maximum absolute atomic E-state index is 9.13. The van der Waals surface area contributed by atoms with Crippen LogP contribution in [0.5, 0.6) is 17.4 Å². The van der Waals surface area contributed by atoms with Gasteiger partial charge in [0.15, 0.2) is 0 Å². The van der Waals surface area contributed by atoms with Crippen molar-refractivity contribution in [1.29, 1.82) is 10.5 Å². The first kappa shape index (κ1) is 13.4. The van der Waals surface area contributed by atoms with Crippen molar-refractivity contribution in [3.05, 3.63) is 35.0 Å². The normalized spacial score (nSPS) is 9.65. The summed E-state index contributed by atoms with van der Waals surface area (Å²) in [5.74, 6) is 1.26. The van der Waals surface area contributed by atoms with Crippen molar-refractivity contribution >= 4 is 0 Å². The zero-order chi connectivity index (χ0) is 14.7. The molecule has 20 heavy (non-hydrogen) atoms. The van der Waals surface area contributed by atoms with Gasteiger partial charge in [-0.15, -0.1) is 0 Å². The molecule has 0 aliphatic rings. The van der Waals surface area contributed by atoms with Crippen LogP contribution in [0.4, 0.5) is 0 Å². The minimum Gasteiger partial charge on any atom is -0.497 e. The molecule has 0 amide bonds. The average molecular weight is 268 g/mol. The number of ether oxygens (including phenoxy) is 2. The molecule has 0 aliphatic heterocycles. The summed E-state index contributed by atoms with van der Waals surface area (Å²) in [4.78, 5) is 0. The molecule has 6 nitrogen and oxygen atoms in total. The zero-order valence-electron chi connectivity index (χ0n) is 11.3. The molecule has 100 valence electrons. The molecule has 0 fully saturated rings. The lowest BCUT2D eigenvalue weighted by Crippen LogP contribution is -1.97. The fourth-order valence-corrected chi connectivity index (χ4v) is 1.81. The Hall–Kier alpha value is -2.99. The number of rotatable bonds is 3. The third kappa shape index (κ3) is 2.40. The van der Waals surface area contributed by atoms with Gasteiger partial charge in [0.25, 0.3) is 0 Å². The van der Waals surface area contributed by atoms with Crippen molar-refractivity contribution < 1.29 is 9.47 Å². The highest BCUT2D eigenvalue weighted by molar-refractivity contribution is 5.48. The second kappa shape index (κ2) is 5.33. The molecule has 0 radical (unpaired) electrons. The Morgan fingerprint density at radius 1 is 1.15 bits per heavy atom. The van der Waals surface area contributed by atoms with Gasteiger partial charge in [-0.2, -0.15) is 15.6 Å². The van der Waals surface area contributed by atoms with E-state index in [9.17, 15) is 0 Å². The molecule has 0 aliphatic carbocycles.